The fraction of sp³-hybridized carbons (Fsp3) is 1.00. The molecule has 0 aliphatic heterocycles. The second kappa shape index (κ2) is 12.6. The van der Waals surface area contributed by atoms with E-state index in [1.165, 1.54) is 32.5 Å². The molecule has 0 radical (unpaired) electrons. The topological polar surface area (TPSA) is 3.24 Å². The van der Waals surface area contributed by atoms with E-state index >= 15 is 0 Å². The van der Waals surface area contributed by atoms with Crippen molar-refractivity contribution in [1.82, 2.24) is 4.90 Å². The van der Waals surface area contributed by atoms with E-state index in [2.05, 4.69) is 39.5 Å². The number of rotatable bonds is 4. The Hall–Kier alpha value is -0.0400. The number of hydrogen-bond donors (Lipinski definition) is 0. The van der Waals surface area contributed by atoms with Crippen LogP contribution in [0.25, 0.3) is 0 Å². The molecule has 0 amide bonds. The minimum Gasteiger partial charge on any atom is -0.304 e. The summed E-state index contributed by atoms with van der Waals surface area (Å²) in [5, 5.41) is 0. The lowest BCUT2D eigenvalue weighted by Gasteiger charge is -2.15. The van der Waals surface area contributed by atoms with E-state index in [-0.39, 0.29) is 0 Å². The molecule has 0 aromatic rings. The molecular formula is C10H25N. The summed E-state index contributed by atoms with van der Waals surface area (Å²) in [6.07, 6.45) is 2.53. The van der Waals surface area contributed by atoms with Gasteiger partial charge < -0.3 is 4.90 Å². The molecule has 0 N–H and O–H groups in total. The van der Waals surface area contributed by atoms with Gasteiger partial charge in [-0.15, -0.1) is 0 Å². The van der Waals surface area contributed by atoms with Crippen LogP contribution in [-0.2, 0) is 0 Å². The van der Waals surface area contributed by atoms with Gasteiger partial charge in [-0.25, -0.2) is 0 Å². The summed E-state index contributed by atoms with van der Waals surface area (Å²) in [7, 11) is 0. The van der Waals surface area contributed by atoms with E-state index in [9.17, 15) is 0 Å². The van der Waals surface area contributed by atoms with Gasteiger partial charge in [0.1, 0.15) is 0 Å². The summed E-state index contributed by atoms with van der Waals surface area (Å²) in [5.41, 5.74) is 0. The van der Waals surface area contributed by atoms with Gasteiger partial charge in [-0.3, -0.25) is 0 Å². The lowest BCUT2D eigenvalue weighted by Crippen LogP contribution is -2.23. The largest absolute Gasteiger partial charge is 0.304 e. The molecule has 0 heterocycles. The van der Waals surface area contributed by atoms with Crippen molar-refractivity contribution < 1.29 is 0 Å². The van der Waals surface area contributed by atoms with Crippen molar-refractivity contribution in [1.29, 1.82) is 0 Å². The Balaban J connectivity index is 0. The first-order chi connectivity index (χ1) is 5.26. The van der Waals surface area contributed by atoms with Gasteiger partial charge in [0.15, 0.2) is 0 Å². The molecule has 0 saturated carbocycles. The van der Waals surface area contributed by atoms with Crippen LogP contribution >= 0.6 is 0 Å². The predicted molar refractivity (Wildman–Crippen MR) is 54.0 cm³/mol. The van der Waals surface area contributed by atoms with Crippen LogP contribution in [0.3, 0.4) is 0 Å². The van der Waals surface area contributed by atoms with Crippen molar-refractivity contribution in [3.63, 3.8) is 0 Å². The van der Waals surface area contributed by atoms with Crippen molar-refractivity contribution >= 4 is 0 Å². The van der Waals surface area contributed by atoms with Crippen LogP contribution in [0.5, 0.6) is 0 Å². The first kappa shape index (κ1) is 13.5. The lowest BCUT2D eigenvalue weighted by atomic mass is 10.4. The third kappa shape index (κ3) is 13.0. The molecule has 0 aliphatic rings. The second-order valence-corrected chi connectivity index (χ2v) is 2.73. The van der Waals surface area contributed by atoms with Crippen molar-refractivity contribution in [2.75, 3.05) is 19.6 Å². The summed E-state index contributed by atoms with van der Waals surface area (Å²) in [4.78, 5) is 2.43. The Morgan fingerprint density at radius 3 is 1.27 bits per heavy atom. The minimum atomic E-state index is 1.20. The average Bonchev–Trinajstić information content (AvgIpc) is 2.02. The number of hydrogen-bond acceptors (Lipinski definition) is 1. The van der Waals surface area contributed by atoms with Gasteiger partial charge in [0.2, 0.25) is 0 Å². The van der Waals surface area contributed by atoms with Gasteiger partial charge in [0.25, 0.3) is 0 Å². The normalized spacial score (nSPS) is 9.27. The highest BCUT2D eigenvalue weighted by Gasteiger charge is 1.92. The predicted octanol–water partition coefficient (Wildman–Crippen LogP) is 3.15. The number of nitrogens with zero attached hydrogens (tertiary/aromatic N) is 1. The van der Waals surface area contributed by atoms with E-state index in [0.717, 1.165) is 0 Å². The SMILES string of the molecule is CCC.CCCN(CC)CC. The van der Waals surface area contributed by atoms with Gasteiger partial charge in [-0.05, 0) is 26.1 Å². The van der Waals surface area contributed by atoms with Crippen LogP contribution in [-0.4, -0.2) is 24.5 Å². The average molecular weight is 159 g/mol. The van der Waals surface area contributed by atoms with Crippen LogP contribution in [0.2, 0.25) is 0 Å². The first-order valence-corrected chi connectivity index (χ1v) is 4.98. The lowest BCUT2D eigenvalue weighted by molar-refractivity contribution is 0.304. The molecule has 0 rings (SSSR count). The molecule has 11 heavy (non-hydrogen) atoms. The molecule has 1 heteroatoms. The Kier molecular flexibility index (Phi) is 15.5. The standard InChI is InChI=1S/C7H17N.C3H8/c1-4-7-8(5-2)6-3;1-3-2/h4-7H2,1-3H3;3H2,1-2H3. The van der Waals surface area contributed by atoms with Crippen molar-refractivity contribution in [2.24, 2.45) is 0 Å². The first-order valence-electron chi connectivity index (χ1n) is 4.98. The molecule has 1 nitrogen and oxygen atoms in total. The quantitative estimate of drug-likeness (QED) is 0.609. The highest BCUT2D eigenvalue weighted by molar-refractivity contribution is 4.47. The van der Waals surface area contributed by atoms with E-state index in [4.69, 9.17) is 0 Å². The van der Waals surface area contributed by atoms with E-state index in [1.54, 1.807) is 0 Å². The molecule has 0 aromatic heterocycles. The monoisotopic (exact) mass is 159 g/mol. The molecular weight excluding hydrogens is 134 g/mol. The zero-order valence-electron chi connectivity index (χ0n) is 8.98. The van der Waals surface area contributed by atoms with Gasteiger partial charge >= 0.3 is 0 Å². The molecule has 0 unspecified atom stereocenters. The summed E-state index contributed by atoms with van der Waals surface area (Å²) < 4.78 is 0. The molecule has 0 bridgehead atoms. The zero-order valence-corrected chi connectivity index (χ0v) is 8.98. The van der Waals surface area contributed by atoms with Crippen LogP contribution in [0.1, 0.15) is 47.5 Å². The minimum absolute atomic E-state index is 1.20. The summed E-state index contributed by atoms with van der Waals surface area (Å²) >= 11 is 0. The van der Waals surface area contributed by atoms with Crippen LogP contribution in [0.15, 0.2) is 0 Å². The molecule has 70 valence electrons. The van der Waals surface area contributed by atoms with Crippen LogP contribution in [0, 0.1) is 0 Å². The Morgan fingerprint density at radius 1 is 0.818 bits per heavy atom. The zero-order chi connectivity index (χ0) is 9.11. The maximum atomic E-state index is 2.43. The summed E-state index contributed by atoms with van der Waals surface area (Å²) in [6, 6.07) is 0. The fourth-order valence-corrected chi connectivity index (χ4v) is 0.856. The van der Waals surface area contributed by atoms with E-state index in [1.807, 2.05) is 0 Å². The van der Waals surface area contributed by atoms with Crippen LogP contribution in [0.4, 0.5) is 0 Å². The van der Waals surface area contributed by atoms with Gasteiger partial charge in [-0.2, -0.15) is 0 Å². The molecule has 0 aliphatic carbocycles. The van der Waals surface area contributed by atoms with E-state index < -0.39 is 0 Å². The van der Waals surface area contributed by atoms with Crippen molar-refractivity contribution in [2.45, 2.75) is 47.5 Å². The molecule has 0 saturated heterocycles. The molecule has 0 spiro atoms. The Morgan fingerprint density at radius 2 is 1.18 bits per heavy atom. The van der Waals surface area contributed by atoms with Crippen molar-refractivity contribution in [3.8, 4) is 0 Å². The molecule has 0 aromatic carbocycles. The third-order valence-corrected chi connectivity index (χ3v) is 1.43. The summed E-state index contributed by atoms with van der Waals surface area (Å²) in [6.45, 7) is 14.5. The Labute approximate surface area is 72.8 Å². The smallest absolute Gasteiger partial charge is 0.00216 e. The Bertz CT molecular complexity index is 48.8. The summed E-state index contributed by atoms with van der Waals surface area (Å²) in [5.74, 6) is 0. The van der Waals surface area contributed by atoms with Gasteiger partial charge in [0, 0.05) is 0 Å². The second-order valence-electron chi connectivity index (χ2n) is 2.73. The van der Waals surface area contributed by atoms with E-state index in [0.29, 0.717) is 0 Å². The maximum absolute atomic E-state index is 2.43. The van der Waals surface area contributed by atoms with Crippen LogP contribution < -0.4 is 0 Å². The fourth-order valence-electron chi connectivity index (χ4n) is 0.856. The third-order valence-electron chi connectivity index (χ3n) is 1.43. The van der Waals surface area contributed by atoms with Crippen molar-refractivity contribution in [3.05, 3.63) is 0 Å². The maximum Gasteiger partial charge on any atom is -0.00216 e. The molecule has 0 atom stereocenters. The highest BCUT2D eigenvalue weighted by atomic mass is 15.1. The molecule has 0 fully saturated rings. The highest BCUT2D eigenvalue weighted by Crippen LogP contribution is 1.87. The van der Waals surface area contributed by atoms with Gasteiger partial charge in [0.05, 0.1) is 0 Å². The van der Waals surface area contributed by atoms with Gasteiger partial charge in [-0.1, -0.05) is 41.0 Å².